The van der Waals surface area contributed by atoms with E-state index in [4.69, 9.17) is 22.1 Å². The lowest BCUT2D eigenvalue weighted by Gasteiger charge is -2.28. The third-order valence-electron chi connectivity index (χ3n) is 3.61. The Morgan fingerprint density at radius 1 is 1.45 bits per heavy atom. The average molecular weight is 301 g/mol. The first-order valence-electron chi connectivity index (χ1n) is 6.64. The largest absolute Gasteiger partial charge is 0.482 e. The van der Waals surface area contributed by atoms with Gasteiger partial charge in [-0.3, -0.25) is 4.79 Å². The number of nitrogens with one attached hydrogen (secondary N) is 1. The van der Waals surface area contributed by atoms with Crippen molar-refractivity contribution >= 4 is 17.5 Å². The van der Waals surface area contributed by atoms with Crippen LogP contribution in [-0.4, -0.2) is 24.6 Å². The quantitative estimate of drug-likeness (QED) is 0.876. The lowest BCUT2D eigenvalue weighted by atomic mass is 9.98. The van der Waals surface area contributed by atoms with E-state index in [0.717, 1.165) is 31.7 Å². The van der Waals surface area contributed by atoms with Crippen LogP contribution in [0.1, 0.15) is 25.7 Å². The molecule has 0 radical (unpaired) electrons. The number of hydrogen-bond acceptors (Lipinski definition) is 3. The van der Waals surface area contributed by atoms with E-state index in [9.17, 15) is 9.18 Å². The van der Waals surface area contributed by atoms with E-state index < -0.39 is 5.82 Å². The van der Waals surface area contributed by atoms with E-state index in [1.165, 1.54) is 12.1 Å². The zero-order chi connectivity index (χ0) is 14.6. The normalized spacial score (nSPS) is 16.9. The number of halogens is 2. The number of nitrogens with two attached hydrogens (primary N) is 1. The summed E-state index contributed by atoms with van der Waals surface area (Å²) in [5, 5.41) is 3.08. The third kappa shape index (κ3) is 3.61. The molecule has 110 valence electrons. The van der Waals surface area contributed by atoms with Gasteiger partial charge in [-0.05, 0) is 31.0 Å². The summed E-state index contributed by atoms with van der Waals surface area (Å²) in [4.78, 5) is 11.9. The molecule has 6 heteroatoms. The maximum Gasteiger partial charge on any atom is 0.258 e. The van der Waals surface area contributed by atoms with Crippen LogP contribution in [0.5, 0.6) is 5.75 Å². The highest BCUT2D eigenvalue weighted by molar-refractivity contribution is 6.32. The Labute approximate surface area is 122 Å². The van der Waals surface area contributed by atoms with Gasteiger partial charge in [0.2, 0.25) is 0 Å². The van der Waals surface area contributed by atoms with Crippen molar-refractivity contribution < 1.29 is 13.9 Å². The van der Waals surface area contributed by atoms with Crippen molar-refractivity contribution in [3.8, 4) is 5.75 Å². The van der Waals surface area contributed by atoms with Gasteiger partial charge in [0, 0.05) is 6.54 Å². The summed E-state index contributed by atoms with van der Waals surface area (Å²) in [6.07, 6.45) is 3.93. The van der Waals surface area contributed by atoms with Crippen molar-refractivity contribution in [1.82, 2.24) is 5.32 Å². The molecule has 0 bridgehead atoms. The smallest absolute Gasteiger partial charge is 0.258 e. The van der Waals surface area contributed by atoms with Crippen LogP contribution in [0.2, 0.25) is 5.02 Å². The van der Waals surface area contributed by atoms with E-state index >= 15 is 0 Å². The van der Waals surface area contributed by atoms with Gasteiger partial charge < -0.3 is 15.8 Å². The molecule has 0 saturated heterocycles. The highest BCUT2D eigenvalue weighted by atomic mass is 35.5. The molecule has 1 aliphatic rings. The van der Waals surface area contributed by atoms with Crippen molar-refractivity contribution in [2.75, 3.05) is 13.2 Å². The third-order valence-corrected chi connectivity index (χ3v) is 3.90. The predicted octanol–water partition coefficient (Wildman–Crippen LogP) is 2.25. The molecule has 1 aliphatic carbocycles. The fourth-order valence-electron chi connectivity index (χ4n) is 2.50. The van der Waals surface area contributed by atoms with Crippen LogP contribution in [0.4, 0.5) is 4.39 Å². The van der Waals surface area contributed by atoms with E-state index in [1.54, 1.807) is 0 Å². The van der Waals surface area contributed by atoms with Gasteiger partial charge in [-0.2, -0.15) is 0 Å². The van der Waals surface area contributed by atoms with Gasteiger partial charge in [-0.1, -0.05) is 24.4 Å². The van der Waals surface area contributed by atoms with Gasteiger partial charge in [0.15, 0.2) is 6.61 Å². The van der Waals surface area contributed by atoms with Crippen LogP contribution >= 0.6 is 11.6 Å². The van der Waals surface area contributed by atoms with Crippen LogP contribution in [-0.2, 0) is 4.79 Å². The van der Waals surface area contributed by atoms with Crippen molar-refractivity contribution in [2.45, 2.75) is 31.2 Å². The first-order valence-corrected chi connectivity index (χ1v) is 7.01. The molecule has 0 aliphatic heterocycles. The number of carbonyl (C=O) groups excluding carboxylic acids is 1. The zero-order valence-electron chi connectivity index (χ0n) is 11.1. The van der Waals surface area contributed by atoms with Gasteiger partial charge in [-0.25, -0.2) is 4.39 Å². The zero-order valence-corrected chi connectivity index (χ0v) is 11.9. The summed E-state index contributed by atoms with van der Waals surface area (Å²) >= 11 is 5.82. The topological polar surface area (TPSA) is 64.3 Å². The molecule has 2 rings (SSSR count). The highest BCUT2D eigenvalue weighted by Gasteiger charge is 2.33. The summed E-state index contributed by atoms with van der Waals surface area (Å²) < 4.78 is 18.2. The Bertz CT molecular complexity index is 490. The van der Waals surface area contributed by atoms with Crippen LogP contribution < -0.4 is 15.8 Å². The average Bonchev–Trinajstić information content (AvgIpc) is 2.87. The molecule has 20 heavy (non-hydrogen) atoms. The molecule has 0 aromatic heterocycles. The SMILES string of the molecule is NCC1(NC(=O)COc2ccc(F)cc2Cl)CCCC1. The Morgan fingerprint density at radius 2 is 2.15 bits per heavy atom. The Hall–Kier alpha value is -1.33. The molecular formula is C14H18ClFN2O2. The minimum absolute atomic E-state index is 0.146. The second kappa shape index (κ2) is 6.41. The number of rotatable bonds is 5. The van der Waals surface area contributed by atoms with Gasteiger partial charge in [-0.15, -0.1) is 0 Å². The van der Waals surface area contributed by atoms with Crippen molar-refractivity contribution in [1.29, 1.82) is 0 Å². The summed E-state index contributed by atoms with van der Waals surface area (Å²) in [7, 11) is 0. The van der Waals surface area contributed by atoms with E-state index in [2.05, 4.69) is 5.32 Å². The summed E-state index contributed by atoms with van der Waals surface area (Å²) in [6, 6.07) is 3.78. The van der Waals surface area contributed by atoms with Gasteiger partial charge in [0.05, 0.1) is 10.6 Å². The van der Waals surface area contributed by atoms with E-state index in [1.807, 2.05) is 0 Å². The summed E-state index contributed by atoms with van der Waals surface area (Å²) in [5.41, 5.74) is 5.45. The Balaban J connectivity index is 1.89. The van der Waals surface area contributed by atoms with Crippen LogP contribution in [0, 0.1) is 5.82 Å². The lowest BCUT2D eigenvalue weighted by Crippen LogP contribution is -2.52. The molecule has 0 atom stereocenters. The molecule has 3 N–H and O–H groups in total. The van der Waals surface area contributed by atoms with Gasteiger partial charge >= 0.3 is 0 Å². The standard InChI is InChI=1S/C14H18ClFN2O2/c15-11-7-10(16)3-4-12(11)20-8-13(19)18-14(9-17)5-1-2-6-14/h3-4,7H,1-2,5-6,8-9,17H2,(H,18,19). The molecule has 1 aromatic rings. The monoisotopic (exact) mass is 300 g/mol. The summed E-state index contributed by atoms with van der Waals surface area (Å²) in [6.45, 7) is 0.267. The number of amides is 1. The van der Waals surface area contributed by atoms with Crippen LogP contribution in [0.3, 0.4) is 0 Å². The molecule has 1 aromatic carbocycles. The minimum Gasteiger partial charge on any atom is -0.482 e. The summed E-state index contributed by atoms with van der Waals surface area (Å²) in [5.74, 6) is -0.394. The fraction of sp³-hybridized carbons (Fsp3) is 0.500. The molecule has 1 fully saturated rings. The van der Waals surface area contributed by atoms with Crippen molar-refractivity contribution in [3.05, 3.63) is 29.0 Å². The van der Waals surface area contributed by atoms with Crippen molar-refractivity contribution in [2.24, 2.45) is 5.73 Å². The Morgan fingerprint density at radius 3 is 2.75 bits per heavy atom. The molecule has 1 saturated carbocycles. The minimum atomic E-state index is -0.445. The number of ether oxygens (including phenoxy) is 1. The first-order chi connectivity index (χ1) is 9.54. The fourth-order valence-corrected chi connectivity index (χ4v) is 2.72. The molecular weight excluding hydrogens is 283 g/mol. The second-order valence-electron chi connectivity index (χ2n) is 5.10. The van der Waals surface area contributed by atoms with Crippen LogP contribution in [0.25, 0.3) is 0 Å². The van der Waals surface area contributed by atoms with Crippen molar-refractivity contribution in [3.63, 3.8) is 0 Å². The molecule has 0 spiro atoms. The van der Waals surface area contributed by atoms with Crippen LogP contribution in [0.15, 0.2) is 18.2 Å². The molecule has 1 amide bonds. The maximum absolute atomic E-state index is 12.9. The Kier molecular flexibility index (Phi) is 4.83. The van der Waals surface area contributed by atoms with Gasteiger partial charge in [0.1, 0.15) is 11.6 Å². The van der Waals surface area contributed by atoms with E-state index in [-0.39, 0.29) is 28.8 Å². The molecule has 4 nitrogen and oxygen atoms in total. The second-order valence-corrected chi connectivity index (χ2v) is 5.51. The van der Waals surface area contributed by atoms with Gasteiger partial charge in [0.25, 0.3) is 5.91 Å². The number of benzene rings is 1. The predicted molar refractivity (Wildman–Crippen MR) is 75.3 cm³/mol. The maximum atomic E-state index is 12.9. The lowest BCUT2D eigenvalue weighted by molar-refractivity contribution is -0.124. The van der Waals surface area contributed by atoms with E-state index in [0.29, 0.717) is 6.54 Å². The molecule has 0 heterocycles. The number of carbonyl (C=O) groups is 1. The highest BCUT2D eigenvalue weighted by Crippen LogP contribution is 2.29. The molecule has 0 unspecified atom stereocenters. The first kappa shape index (κ1) is 15.1. The number of hydrogen-bond donors (Lipinski definition) is 2.